The first-order valence-corrected chi connectivity index (χ1v) is 14.2. The van der Waals surface area contributed by atoms with Crippen LogP contribution in [0.15, 0.2) is 54.6 Å². The molecule has 6 N–H and O–H groups in total. The second kappa shape index (κ2) is 14.2. The molecule has 3 aromatic rings. The highest BCUT2D eigenvalue weighted by molar-refractivity contribution is 5.89. The van der Waals surface area contributed by atoms with Crippen LogP contribution in [0.5, 0.6) is 0 Å². The van der Waals surface area contributed by atoms with Gasteiger partial charge in [-0.05, 0) is 51.6 Å². The Hall–Kier alpha value is -5.67. The normalized spacial score (nSPS) is 12.8. The predicted molar refractivity (Wildman–Crippen MR) is 161 cm³/mol. The highest BCUT2D eigenvalue weighted by Gasteiger charge is 2.46. The first kappa shape index (κ1) is 34.2. The summed E-state index contributed by atoms with van der Waals surface area (Å²) in [7, 11) is 0. The van der Waals surface area contributed by atoms with Gasteiger partial charge in [0.25, 0.3) is 0 Å². The van der Waals surface area contributed by atoms with Gasteiger partial charge in [0, 0.05) is 18.5 Å². The summed E-state index contributed by atoms with van der Waals surface area (Å²) in [6, 6.07) is 15.2. The van der Waals surface area contributed by atoms with Gasteiger partial charge in [-0.3, -0.25) is 43.6 Å². The molecule has 0 saturated carbocycles. The molecule has 0 unspecified atom stereocenters. The molecule has 1 heterocycles. The van der Waals surface area contributed by atoms with E-state index in [0.717, 1.165) is 9.80 Å². The van der Waals surface area contributed by atoms with E-state index in [4.69, 9.17) is 0 Å². The zero-order valence-corrected chi connectivity index (χ0v) is 24.8. The van der Waals surface area contributed by atoms with E-state index >= 15 is 0 Å². The Bertz CT molecular complexity index is 1650. The molecule has 1 aromatic heterocycles. The lowest BCUT2D eigenvalue weighted by molar-refractivity contribution is -0.144. The largest absolute Gasteiger partial charge is 0.481 e. The molecular weight excluding hydrogens is 618 g/mol. The Morgan fingerprint density at radius 1 is 0.532 bits per heavy atom. The summed E-state index contributed by atoms with van der Waals surface area (Å²) in [5.41, 5.74) is 2.20. The summed E-state index contributed by atoms with van der Waals surface area (Å²) in [6.07, 6.45) is -1.03. The minimum Gasteiger partial charge on any atom is -0.481 e. The summed E-state index contributed by atoms with van der Waals surface area (Å²) in [6.45, 7) is -3.06. The Kier molecular flexibility index (Phi) is 10.3. The van der Waals surface area contributed by atoms with E-state index in [1.54, 1.807) is 54.6 Å². The van der Waals surface area contributed by atoms with Gasteiger partial charge in [0.15, 0.2) is 0 Å². The van der Waals surface area contributed by atoms with E-state index < -0.39 is 80.3 Å². The van der Waals surface area contributed by atoms with Crippen molar-refractivity contribution in [1.82, 2.24) is 14.8 Å². The van der Waals surface area contributed by atoms with Crippen molar-refractivity contribution < 1.29 is 59.4 Å². The van der Waals surface area contributed by atoms with Crippen molar-refractivity contribution in [1.29, 1.82) is 0 Å². The van der Waals surface area contributed by atoms with Gasteiger partial charge >= 0.3 is 35.8 Å². The third kappa shape index (κ3) is 8.33. The average Bonchev–Trinajstić information content (AvgIpc) is 3.19. The molecule has 0 fully saturated rings. The minimum absolute atomic E-state index is 0.191. The number of carboxylic acid groups (broad SMARTS) is 6. The minimum atomic E-state index is -1.42. The SMILES string of the molecule is O=C(O)CN(CC(=O)O)Cc1cc(-c2ccc3c(c2)C(CC(=O)O)(CC(=O)O)c2ccccc2-3)cc(CN(CC(=O)O)CC(=O)O)n1. The van der Waals surface area contributed by atoms with E-state index in [9.17, 15) is 59.4 Å². The van der Waals surface area contributed by atoms with Crippen LogP contribution in [0.25, 0.3) is 22.3 Å². The van der Waals surface area contributed by atoms with Crippen molar-refractivity contribution in [3.05, 3.63) is 77.1 Å². The van der Waals surface area contributed by atoms with Gasteiger partial charge in [0.2, 0.25) is 0 Å². The molecule has 246 valence electrons. The number of aliphatic carboxylic acids is 6. The molecule has 0 bridgehead atoms. The first-order valence-electron chi connectivity index (χ1n) is 14.2. The maximum atomic E-state index is 12.1. The monoisotopic (exact) mass is 649 g/mol. The number of hydrogen-bond acceptors (Lipinski definition) is 9. The molecule has 0 amide bonds. The lowest BCUT2D eigenvalue weighted by atomic mass is 9.72. The zero-order valence-electron chi connectivity index (χ0n) is 24.8. The number of carboxylic acids is 6. The van der Waals surface area contributed by atoms with Crippen LogP contribution in [0.3, 0.4) is 0 Å². The van der Waals surface area contributed by atoms with Gasteiger partial charge in [0.05, 0.1) is 50.4 Å². The van der Waals surface area contributed by atoms with E-state index in [1.807, 2.05) is 0 Å². The summed E-state index contributed by atoms with van der Waals surface area (Å²) in [5.74, 6) is -7.57. The van der Waals surface area contributed by atoms with E-state index in [-0.39, 0.29) is 24.5 Å². The number of nitrogens with zero attached hydrogens (tertiary/aromatic N) is 3. The van der Waals surface area contributed by atoms with Gasteiger partial charge in [0.1, 0.15) is 0 Å². The van der Waals surface area contributed by atoms with Crippen LogP contribution in [0.2, 0.25) is 0 Å². The maximum absolute atomic E-state index is 12.1. The third-order valence-corrected chi connectivity index (χ3v) is 7.65. The topological polar surface area (TPSA) is 243 Å². The lowest BCUT2D eigenvalue weighted by Crippen LogP contribution is -2.35. The molecule has 2 aromatic carbocycles. The number of fused-ring (bicyclic) bond motifs is 3. The standard InChI is InChI=1S/C32H31N3O12/c36-26(37)10-32(11-27(38)39)24-4-2-1-3-22(24)23-6-5-18(9-25(23)32)19-7-20(12-34(14-28(40)41)15-29(42)43)33-21(8-19)13-35(16-30(44)45)17-31(46)47/h1-9H,10-17H2,(H,36,37)(H,38,39)(H,40,41)(H,42,43)(H,44,45)(H,46,47). The molecule has 0 atom stereocenters. The fourth-order valence-corrected chi connectivity index (χ4v) is 6.13. The number of pyridine rings is 1. The smallest absolute Gasteiger partial charge is 0.317 e. The summed E-state index contributed by atoms with van der Waals surface area (Å²) in [5, 5.41) is 57.1. The van der Waals surface area contributed by atoms with Gasteiger partial charge in [-0.25, -0.2) is 0 Å². The highest BCUT2D eigenvalue weighted by Crippen LogP contribution is 2.53. The molecule has 4 rings (SSSR count). The fourth-order valence-electron chi connectivity index (χ4n) is 6.13. The third-order valence-electron chi connectivity index (χ3n) is 7.65. The van der Waals surface area contributed by atoms with Gasteiger partial charge in [-0.15, -0.1) is 0 Å². The maximum Gasteiger partial charge on any atom is 0.317 e. The Morgan fingerprint density at radius 3 is 1.43 bits per heavy atom. The van der Waals surface area contributed by atoms with Gasteiger partial charge in [-0.1, -0.05) is 36.4 Å². The number of hydrogen-bond donors (Lipinski definition) is 6. The quantitative estimate of drug-likeness (QED) is 0.122. The second-order valence-electron chi connectivity index (χ2n) is 11.2. The highest BCUT2D eigenvalue weighted by atomic mass is 16.4. The van der Waals surface area contributed by atoms with Crippen molar-refractivity contribution in [2.24, 2.45) is 0 Å². The van der Waals surface area contributed by atoms with Crippen molar-refractivity contribution in [3.63, 3.8) is 0 Å². The Balaban J connectivity index is 1.89. The number of carbonyl (C=O) groups is 6. The van der Waals surface area contributed by atoms with Crippen molar-refractivity contribution in [3.8, 4) is 22.3 Å². The van der Waals surface area contributed by atoms with Crippen LogP contribution in [0, 0.1) is 0 Å². The molecule has 0 spiro atoms. The molecule has 1 aliphatic rings. The zero-order chi connectivity index (χ0) is 34.5. The van der Waals surface area contributed by atoms with Crippen molar-refractivity contribution in [2.45, 2.75) is 31.3 Å². The van der Waals surface area contributed by atoms with E-state index in [2.05, 4.69) is 4.98 Å². The van der Waals surface area contributed by atoms with E-state index in [0.29, 0.717) is 33.4 Å². The molecule has 15 nitrogen and oxygen atoms in total. The van der Waals surface area contributed by atoms with Crippen LogP contribution in [-0.2, 0) is 47.3 Å². The summed E-state index contributed by atoms with van der Waals surface area (Å²) >= 11 is 0. The number of benzene rings is 2. The molecule has 0 radical (unpaired) electrons. The fraction of sp³-hybridized carbons (Fsp3) is 0.281. The molecule has 15 heteroatoms. The number of rotatable bonds is 17. The van der Waals surface area contributed by atoms with Crippen LogP contribution < -0.4 is 0 Å². The molecular formula is C32H31N3O12. The van der Waals surface area contributed by atoms with Crippen LogP contribution >= 0.6 is 0 Å². The molecule has 0 aliphatic heterocycles. The van der Waals surface area contributed by atoms with Gasteiger partial charge < -0.3 is 30.6 Å². The van der Waals surface area contributed by atoms with Gasteiger partial charge in [-0.2, -0.15) is 0 Å². The molecule has 47 heavy (non-hydrogen) atoms. The summed E-state index contributed by atoms with van der Waals surface area (Å²) in [4.78, 5) is 76.8. The first-order chi connectivity index (χ1) is 22.2. The van der Waals surface area contributed by atoms with Crippen LogP contribution in [0.1, 0.15) is 35.4 Å². The van der Waals surface area contributed by atoms with Crippen LogP contribution in [-0.4, -0.2) is 107 Å². The predicted octanol–water partition coefficient (Wildman–Crippen LogP) is 1.91. The molecule has 0 saturated heterocycles. The Labute approximate surface area is 266 Å². The van der Waals surface area contributed by atoms with Crippen molar-refractivity contribution >= 4 is 35.8 Å². The Morgan fingerprint density at radius 2 is 0.979 bits per heavy atom. The summed E-state index contributed by atoms with van der Waals surface area (Å²) < 4.78 is 0. The van der Waals surface area contributed by atoms with Crippen molar-refractivity contribution in [2.75, 3.05) is 26.2 Å². The average molecular weight is 650 g/mol. The lowest BCUT2D eigenvalue weighted by Gasteiger charge is -2.29. The van der Waals surface area contributed by atoms with E-state index in [1.165, 1.54) is 0 Å². The number of aromatic nitrogens is 1. The van der Waals surface area contributed by atoms with Crippen LogP contribution in [0.4, 0.5) is 0 Å². The second-order valence-corrected chi connectivity index (χ2v) is 11.2. The molecule has 1 aliphatic carbocycles.